The first kappa shape index (κ1) is 20.7. The van der Waals surface area contributed by atoms with Gasteiger partial charge < -0.3 is 0 Å². The third kappa shape index (κ3) is 5.26. The van der Waals surface area contributed by atoms with Crippen LogP contribution in [0.1, 0.15) is 15.9 Å². The first-order valence-electron chi connectivity index (χ1n) is 8.61. The number of nitro benzene ring substituents is 1. The number of carbonyl (C=O) groups is 1. The van der Waals surface area contributed by atoms with Crippen molar-refractivity contribution in [2.75, 3.05) is 4.72 Å². The van der Waals surface area contributed by atoms with Crippen molar-refractivity contribution < 1.29 is 18.1 Å². The van der Waals surface area contributed by atoms with Gasteiger partial charge in [0.15, 0.2) is 0 Å². The van der Waals surface area contributed by atoms with Crippen molar-refractivity contribution in [3.63, 3.8) is 0 Å². The lowest BCUT2D eigenvalue weighted by atomic mass is 10.2. The summed E-state index contributed by atoms with van der Waals surface area (Å²) in [6.45, 7) is 0. The fourth-order valence-electron chi connectivity index (χ4n) is 2.42. The Morgan fingerprint density at radius 2 is 1.57 bits per heavy atom. The van der Waals surface area contributed by atoms with Crippen LogP contribution >= 0.6 is 0 Å². The van der Waals surface area contributed by atoms with Gasteiger partial charge in [-0.25, -0.2) is 13.8 Å². The second-order valence-corrected chi connectivity index (χ2v) is 7.73. The number of non-ortho nitro benzene ring substituents is 1. The Morgan fingerprint density at radius 3 is 2.17 bits per heavy atom. The smallest absolute Gasteiger partial charge is 0.271 e. The molecule has 0 heterocycles. The van der Waals surface area contributed by atoms with Gasteiger partial charge in [-0.3, -0.25) is 19.6 Å². The van der Waals surface area contributed by atoms with Crippen LogP contribution in [0.15, 0.2) is 88.9 Å². The maximum absolute atomic E-state index is 12.3. The van der Waals surface area contributed by atoms with Gasteiger partial charge in [0, 0.05) is 23.4 Å². The fraction of sp³-hybridized carbons (Fsp3) is 0. The lowest BCUT2D eigenvalue weighted by molar-refractivity contribution is -0.384. The minimum Gasteiger partial charge on any atom is -0.280 e. The number of nitrogens with zero attached hydrogens (tertiary/aromatic N) is 2. The van der Waals surface area contributed by atoms with E-state index in [0.29, 0.717) is 11.3 Å². The fourth-order valence-corrected chi connectivity index (χ4v) is 3.50. The maximum Gasteiger partial charge on any atom is 0.271 e. The normalized spacial score (nSPS) is 11.2. The molecular formula is C20H16N4O5S. The van der Waals surface area contributed by atoms with Crippen LogP contribution in [0.5, 0.6) is 0 Å². The molecule has 0 bridgehead atoms. The molecule has 2 N–H and O–H groups in total. The topological polar surface area (TPSA) is 131 Å². The van der Waals surface area contributed by atoms with Crippen LogP contribution in [-0.2, 0) is 10.0 Å². The molecule has 0 fully saturated rings. The minimum absolute atomic E-state index is 0.0424. The average molecular weight is 424 g/mol. The van der Waals surface area contributed by atoms with Crippen LogP contribution in [-0.4, -0.2) is 25.5 Å². The van der Waals surface area contributed by atoms with Crippen LogP contribution in [0.2, 0.25) is 0 Å². The van der Waals surface area contributed by atoms with Crippen molar-refractivity contribution in [1.29, 1.82) is 0 Å². The standard InChI is InChI=1S/C20H16N4O5S/c25-20(22-21-14-15-6-12-18(13-7-15)24(26)27)16-8-10-17(11-9-16)23-30(28,29)19-4-2-1-3-5-19/h1-14,23H,(H,22,25)/b21-14+. The van der Waals surface area contributed by atoms with E-state index < -0.39 is 20.9 Å². The SMILES string of the molecule is O=C(N/N=C/c1ccc([N+](=O)[O-])cc1)c1ccc(NS(=O)(=O)c2ccccc2)cc1. The molecule has 0 radical (unpaired) electrons. The van der Waals surface area contributed by atoms with E-state index in [4.69, 9.17) is 0 Å². The van der Waals surface area contributed by atoms with Gasteiger partial charge in [0.25, 0.3) is 21.6 Å². The molecule has 3 aromatic carbocycles. The zero-order chi connectivity index (χ0) is 21.6. The van der Waals surface area contributed by atoms with E-state index in [2.05, 4.69) is 15.2 Å². The van der Waals surface area contributed by atoms with Crippen LogP contribution in [0.3, 0.4) is 0 Å². The Hall–Kier alpha value is -4.05. The Kier molecular flexibility index (Phi) is 6.18. The zero-order valence-corrected chi connectivity index (χ0v) is 16.2. The Balaban J connectivity index is 1.60. The van der Waals surface area contributed by atoms with Gasteiger partial charge in [-0.2, -0.15) is 5.10 Å². The van der Waals surface area contributed by atoms with Gasteiger partial charge in [0.2, 0.25) is 0 Å². The zero-order valence-electron chi connectivity index (χ0n) is 15.4. The summed E-state index contributed by atoms with van der Waals surface area (Å²) in [4.78, 5) is 22.4. The van der Waals surface area contributed by atoms with Crippen molar-refractivity contribution in [1.82, 2.24) is 5.43 Å². The molecule has 0 unspecified atom stereocenters. The number of rotatable bonds is 7. The van der Waals surface area contributed by atoms with Crippen molar-refractivity contribution in [3.05, 3.63) is 100 Å². The predicted octanol–water partition coefficient (Wildman–Crippen LogP) is 3.16. The maximum atomic E-state index is 12.3. The van der Waals surface area contributed by atoms with Gasteiger partial charge in [-0.05, 0) is 54.1 Å². The second kappa shape index (κ2) is 8.97. The molecule has 0 aromatic heterocycles. The van der Waals surface area contributed by atoms with E-state index in [1.807, 2.05) is 0 Å². The largest absolute Gasteiger partial charge is 0.280 e. The van der Waals surface area contributed by atoms with Crippen molar-refractivity contribution in [3.8, 4) is 0 Å². The summed E-state index contributed by atoms with van der Waals surface area (Å²) in [5.74, 6) is -0.495. The number of sulfonamides is 1. The number of nitrogens with one attached hydrogen (secondary N) is 2. The summed E-state index contributed by atoms with van der Waals surface area (Å²) in [5, 5.41) is 14.4. The molecular weight excluding hydrogens is 408 g/mol. The number of nitro groups is 1. The van der Waals surface area contributed by atoms with E-state index >= 15 is 0 Å². The van der Waals surface area contributed by atoms with E-state index in [9.17, 15) is 23.3 Å². The van der Waals surface area contributed by atoms with Crippen molar-refractivity contribution in [2.24, 2.45) is 5.10 Å². The molecule has 0 aliphatic carbocycles. The van der Waals surface area contributed by atoms with E-state index in [1.165, 1.54) is 66.9 Å². The molecule has 30 heavy (non-hydrogen) atoms. The first-order valence-corrected chi connectivity index (χ1v) is 10.1. The number of amides is 1. The molecule has 0 aliphatic rings. The third-order valence-corrected chi connectivity index (χ3v) is 5.33. The number of hydrogen-bond donors (Lipinski definition) is 2. The Bertz CT molecular complexity index is 1180. The monoisotopic (exact) mass is 424 g/mol. The van der Waals surface area contributed by atoms with Gasteiger partial charge in [-0.15, -0.1) is 0 Å². The molecule has 9 nitrogen and oxygen atoms in total. The van der Waals surface area contributed by atoms with E-state index in [-0.39, 0.29) is 16.1 Å². The quantitative estimate of drug-likeness (QED) is 0.342. The highest BCUT2D eigenvalue weighted by molar-refractivity contribution is 7.92. The molecule has 1 amide bonds. The summed E-state index contributed by atoms with van der Waals surface area (Å²) in [7, 11) is -3.72. The Labute approximate surface area is 172 Å². The summed E-state index contributed by atoms with van der Waals surface area (Å²) in [6, 6.07) is 19.4. The number of hydrogen-bond acceptors (Lipinski definition) is 6. The van der Waals surface area contributed by atoms with Gasteiger partial charge >= 0.3 is 0 Å². The van der Waals surface area contributed by atoms with Gasteiger partial charge in [0.05, 0.1) is 16.0 Å². The van der Waals surface area contributed by atoms with E-state index in [0.717, 1.165) is 0 Å². The predicted molar refractivity (Wildman–Crippen MR) is 112 cm³/mol. The summed E-state index contributed by atoms with van der Waals surface area (Å²) >= 11 is 0. The molecule has 0 spiro atoms. The minimum atomic E-state index is -3.72. The van der Waals surface area contributed by atoms with Crippen LogP contribution in [0.4, 0.5) is 11.4 Å². The number of carbonyl (C=O) groups excluding carboxylic acids is 1. The molecule has 0 aliphatic heterocycles. The first-order chi connectivity index (χ1) is 14.3. The number of benzene rings is 3. The average Bonchev–Trinajstić information content (AvgIpc) is 2.75. The van der Waals surface area contributed by atoms with Gasteiger partial charge in [-0.1, -0.05) is 18.2 Å². The highest BCUT2D eigenvalue weighted by Crippen LogP contribution is 2.16. The van der Waals surface area contributed by atoms with Crippen molar-refractivity contribution in [2.45, 2.75) is 4.90 Å². The molecule has 0 saturated carbocycles. The van der Waals surface area contributed by atoms with Crippen LogP contribution < -0.4 is 10.1 Å². The summed E-state index contributed by atoms with van der Waals surface area (Å²) in [5.41, 5.74) is 3.46. The number of hydrazone groups is 1. The molecule has 3 rings (SSSR count). The Morgan fingerprint density at radius 1 is 0.933 bits per heavy atom. The highest BCUT2D eigenvalue weighted by atomic mass is 32.2. The lowest BCUT2D eigenvalue weighted by Crippen LogP contribution is -2.18. The summed E-state index contributed by atoms with van der Waals surface area (Å²) < 4.78 is 27.1. The summed E-state index contributed by atoms with van der Waals surface area (Å²) in [6.07, 6.45) is 1.35. The van der Waals surface area contributed by atoms with Crippen LogP contribution in [0.25, 0.3) is 0 Å². The van der Waals surface area contributed by atoms with Crippen molar-refractivity contribution >= 4 is 33.5 Å². The highest BCUT2D eigenvalue weighted by Gasteiger charge is 2.13. The lowest BCUT2D eigenvalue weighted by Gasteiger charge is -2.08. The third-order valence-electron chi connectivity index (χ3n) is 3.94. The second-order valence-electron chi connectivity index (χ2n) is 6.04. The molecule has 0 saturated heterocycles. The van der Waals surface area contributed by atoms with Gasteiger partial charge in [0.1, 0.15) is 0 Å². The number of anilines is 1. The molecule has 10 heteroatoms. The molecule has 3 aromatic rings. The molecule has 152 valence electrons. The van der Waals surface area contributed by atoms with Crippen LogP contribution in [0, 0.1) is 10.1 Å². The molecule has 0 atom stereocenters. The van der Waals surface area contributed by atoms with E-state index in [1.54, 1.807) is 18.2 Å².